The zero-order valence-electron chi connectivity index (χ0n) is 18.3. The topological polar surface area (TPSA) is 98.6 Å². The summed E-state index contributed by atoms with van der Waals surface area (Å²) >= 11 is 0. The van der Waals surface area contributed by atoms with Crippen molar-refractivity contribution >= 4 is 16.6 Å². The number of halogens is 2. The summed E-state index contributed by atoms with van der Waals surface area (Å²) in [5.74, 6) is -1.47. The van der Waals surface area contributed by atoms with Crippen molar-refractivity contribution in [2.45, 2.75) is 76.3 Å². The highest BCUT2D eigenvalue weighted by Gasteiger charge is 2.49. The first-order valence-corrected chi connectivity index (χ1v) is 11.4. The molecule has 3 fully saturated rings. The lowest BCUT2D eigenvalue weighted by atomic mass is 9.84. The van der Waals surface area contributed by atoms with Gasteiger partial charge < -0.3 is 15.1 Å². The number of aliphatic hydroxyl groups is 2. The molecule has 3 aliphatic rings. The van der Waals surface area contributed by atoms with Crippen molar-refractivity contribution in [3.8, 4) is 0 Å². The number of H-pyrrole nitrogens is 1. The van der Waals surface area contributed by atoms with E-state index >= 15 is 8.78 Å². The molecule has 1 saturated heterocycles. The van der Waals surface area contributed by atoms with Crippen LogP contribution >= 0.6 is 0 Å². The maximum absolute atomic E-state index is 15.6. The number of fused-ring (bicyclic) bond motifs is 1. The van der Waals surface area contributed by atoms with Gasteiger partial charge in [-0.2, -0.15) is 0 Å². The Morgan fingerprint density at radius 3 is 2.41 bits per heavy atom. The molecule has 0 amide bonds. The fourth-order valence-corrected chi connectivity index (χ4v) is 5.84. The van der Waals surface area contributed by atoms with Crippen LogP contribution in [0.15, 0.2) is 9.59 Å². The van der Waals surface area contributed by atoms with E-state index in [2.05, 4.69) is 4.98 Å². The quantitative estimate of drug-likeness (QED) is 0.665. The molecular weight excluding hydrogens is 420 g/mol. The van der Waals surface area contributed by atoms with Crippen molar-refractivity contribution < 1.29 is 19.0 Å². The van der Waals surface area contributed by atoms with E-state index in [1.165, 1.54) is 11.5 Å². The van der Waals surface area contributed by atoms with Crippen LogP contribution in [0, 0.1) is 25.6 Å². The van der Waals surface area contributed by atoms with E-state index in [9.17, 15) is 19.8 Å². The van der Waals surface area contributed by atoms with Gasteiger partial charge in [-0.15, -0.1) is 0 Å². The third-order valence-corrected chi connectivity index (χ3v) is 7.71. The number of rotatable bonds is 4. The Hall–Kier alpha value is -2.26. The monoisotopic (exact) mass is 449 g/mol. The Balaban J connectivity index is 1.61. The van der Waals surface area contributed by atoms with Crippen LogP contribution < -0.4 is 16.1 Å². The molecule has 1 aromatic carbocycles. The Morgan fingerprint density at radius 1 is 1.12 bits per heavy atom. The van der Waals surface area contributed by atoms with Gasteiger partial charge in [0.2, 0.25) is 0 Å². The lowest BCUT2D eigenvalue weighted by Crippen LogP contribution is -2.47. The summed E-state index contributed by atoms with van der Waals surface area (Å²) in [7, 11) is 0. The van der Waals surface area contributed by atoms with E-state index in [0.717, 1.165) is 25.7 Å². The molecular formula is C23H29F2N3O4. The van der Waals surface area contributed by atoms with E-state index in [4.69, 9.17) is 0 Å². The molecule has 9 heteroatoms. The molecule has 3 N–H and O–H groups in total. The molecule has 5 rings (SSSR count). The SMILES string of the molecule is Cc1c(F)c(N2CC(F)C(C(O)C3(O)CCCC3)C2)c(C)c2c1c(=O)[nH]c(=O)n2C1CC1. The molecule has 0 bridgehead atoms. The summed E-state index contributed by atoms with van der Waals surface area (Å²) < 4.78 is 32.2. The van der Waals surface area contributed by atoms with Gasteiger partial charge in [-0.1, -0.05) is 12.8 Å². The normalized spacial score (nSPS) is 26.2. The standard InChI is InChI=1S/C23H29F2N3O4/c1-11-16-18(28(13-5-6-13)22(31)26-21(16)30)12(2)19(17(11)25)27-9-14(15(24)10-27)20(29)23(32)7-3-4-8-23/h13-15,20,29,32H,3-10H2,1-2H3,(H,26,30,31). The minimum absolute atomic E-state index is 0.0445. The Bertz CT molecular complexity index is 1200. The highest BCUT2D eigenvalue weighted by atomic mass is 19.1. The van der Waals surface area contributed by atoms with Gasteiger partial charge in [-0.05, 0) is 39.5 Å². The smallest absolute Gasteiger partial charge is 0.329 e. The van der Waals surface area contributed by atoms with Gasteiger partial charge in [0.25, 0.3) is 5.56 Å². The second-order valence-electron chi connectivity index (χ2n) is 9.84. The number of aryl methyl sites for hydroxylation is 2. The zero-order valence-corrected chi connectivity index (χ0v) is 18.3. The molecule has 2 saturated carbocycles. The van der Waals surface area contributed by atoms with Gasteiger partial charge in [0.05, 0.1) is 28.3 Å². The van der Waals surface area contributed by atoms with Crippen molar-refractivity contribution in [3.05, 3.63) is 37.8 Å². The molecule has 0 spiro atoms. The molecule has 1 aliphatic heterocycles. The fraction of sp³-hybridized carbons (Fsp3) is 0.652. The summed E-state index contributed by atoms with van der Waals surface area (Å²) in [5, 5.41) is 21.7. The zero-order chi connectivity index (χ0) is 22.9. The Kier molecular flexibility index (Phi) is 4.98. The minimum Gasteiger partial charge on any atom is -0.390 e. The number of anilines is 1. The van der Waals surface area contributed by atoms with Crippen molar-refractivity contribution in [1.82, 2.24) is 9.55 Å². The molecule has 2 heterocycles. The van der Waals surface area contributed by atoms with E-state index in [-0.39, 0.29) is 35.8 Å². The number of aromatic nitrogens is 2. The number of nitrogens with one attached hydrogen (secondary N) is 1. The van der Waals surface area contributed by atoms with E-state index in [1.54, 1.807) is 11.8 Å². The molecule has 2 aromatic rings. The van der Waals surface area contributed by atoms with Gasteiger partial charge in [0, 0.05) is 36.2 Å². The van der Waals surface area contributed by atoms with Crippen LogP contribution in [0.1, 0.15) is 55.7 Å². The van der Waals surface area contributed by atoms with E-state index in [1.807, 2.05) is 0 Å². The number of hydrogen-bond acceptors (Lipinski definition) is 5. The van der Waals surface area contributed by atoms with Crippen LogP contribution in [-0.2, 0) is 0 Å². The van der Waals surface area contributed by atoms with Crippen molar-refractivity contribution in [1.29, 1.82) is 0 Å². The van der Waals surface area contributed by atoms with Gasteiger partial charge in [-0.25, -0.2) is 13.6 Å². The summed E-state index contributed by atoms with van der Waals surface area (Å²) in [4.78, 5) is 29.0. The third kappa shape index (κ3) is 3.12. The van der Waals surface area contributed by atoms with Gasteiger partial charge >= 0.3 is 5.69 Å². The second-order valence-corrected chi connectivity index (χ2v) is 9.84. The summed E-state index contributed by atoms with van der Waals surface area (Å²) in [5.41, 5.74) is -1.38. The van der Waals surface area contributed by atoms with Crippen LogP contribution in [0.2, 0.25) is 0 Å². The lowest BCUT2D eigenvalue weighted by Gasteiger charge is -2.33. The Labute approximate surface area is 183 Å². The first kappa shape index (κ1) is 21.6. The largest absolute Gasteiger partial charge is 0.390 e. The fourth-order valence-electron chi connectivity index (χ4n) is 5.84. The van der Waals surface area contributed by atoms with E-state index < -0.39 is 40.9 Å². The predicted molar refractivity (Wildman–Crippen MR) is 117 cm³/mol. The lowest BCUT2D eigenvalue weighted by molar-refractivity contribution is -0.102. The number of hydrogen-bond donors (Lipinski definition) is 3. The van der Waals surface area contributed by atoms with Gasteiger partial charge in [0.1, 0.15) is 6.17 Å². The maximum atomic E-state index is 15.6. The first-order valence-electron chi connectivity index (χ1n) is 11.4. The first-order chi connectivity index (χ1) is 15.1. The highest BCUT2D eigenvalue weighted by Crippen LogP contribution is 2.43. The highest BCUT2D eigenvalue weighted by molar-refractivity contribution is 5.90. The van der Waals surface area contributed by atoms with Crippen molar-refractivity contribution in [2.75, 3.05) is 18.0 Å². The van der Waals surface area contributed by atoms with Crippen LogP contribution in [-0.4, -0.2) is 50.7 Å². The minimum atomic E-state index is -1.44. The van der Waals surface area contributed by atoms with Crippen molar-refractivity contribution in [3.63, 3.8) is 0 Å². The molecule has 32 heavy (non-hydrogen) atoms. The third-order valence-electron chi connectivity index (χ3n) is 7.71. The van der Waals surface area contributed by atoms with Crippen LogP contribution in [0.5, 0.6) is 0 Å². The van der Waals surface area contributed by atoms with Crippen molar-refractivity contribution in [2.24, 2.45) is 5.92 Å². The predicted octanol–water partition coefficient (Wildman–Crippen LogP) is 2.22. The number of nitrogens with zero attached hydrogens (tertiary/aromatic N) is 2. The average molecular weight is 449 g/mol. The van der Waals surface area contributed by atoms with Gasteiger partial charge in [-0.3, -0.25) is 14.3 Å². The molecule has 2 aliphatic carbocycles. The molecule has 7 nitrogen and oxygen atoms in total. The number of aliphatic hydroxyl groups excluding tert-OH is 1. The second kappa shape index (κ2) is 7.38. The number of alkyl halides is 1. The molecule has 174 valence electrons. The van der Waals surface area contributed by atoms with Crippen LogP contribution in [0.3, 0.4) is 0 Å². The van der Waals surface area contributed by atoms with Gasteiger partial charge in [0.15, 0.2) is 5.82 Å². The number of aromatic amines is 1. The number of benzene rings is 1. The molecule has 0 radical (unpaired) electrons. The molecule has 3 atom stereocenters. The van der Waals surface area contributed by atoms with Crippen LogP contribution in [0.25, 0.3) is 10.9 Å². The summed E-state index contributed by atoms with van der Waals surface area (Å²) in [6, 6.07) is -0.0445. The molecule has 1 aromatic heterocycles. The Morgan fingerprint density at radius 2 is 1.78 bits per heavy atom. The van der Waals surface area contributed by atoms with E-state index in [0.29, 0.717) is 23.9 Å². The summed E-state index contributed by atoms with van der Waals surface area (Å²) in [6.07, 6.45) is 1.35. The van der Waals surface area contributed by atoms with Crippen LogP contribution in [0.4, 0.5) is 14.5 Å². The molecule has 3 unspecified atom stereocenters. The average Bonchev–Trinajstić information content (AvgIpc) is 3.35. The summed E-state index contributed by atoms with van der Waals surface area (Å²) in [6.45, 7) is 3.06. The maximum Gasteiger partial charge on any atom is 0.329 e.